The third-order valence-corrected chi connectivity index (χ3v) is 9.34. The molecule has 0 aromatic heterocycles. The van der Waals surface area contributed by atoms with Gasteiger partial charge in [-0.25, -0.2) is 0 Å². The Morgan fingerprint density at radius 2 is 0.857 bits per heavy atom. The van der Waals surface area contributed by atoms with E-state index in [4.69, 9.17) is 0 Å². The molecule has 118 valence electrons. The van der Waals surface area contributed by atoms with Crippen LogP contribution in [0, 0.1) is 46.8 Å². The molecule has 0 heterocycles. The van der Waals surface area contributed by atoms with Gasteiger partial charge in [0, 0.05) is 0 Å². The zero-order chi connectivity index (χ0) is 14.0. The summed E-state index contributed by atoms with van der Waals surface area (Å²) < 4.78 is 0. The molecule has 6 atom stereocenters. The maximum Gasteiger partial charge on any atom is -0.0233 e. The van der Waals surface area contributed by atoms with E-state index < -0.39 is 0 Å². The summed E-state index contributed by atoms with van der Waals surface area (Å²) in [5.74, 6) is 8.04. The van der Waals surface area contributed by atoms with Crippen LogP contribution in [0.25, 0.3) is 0 Å². The standard InChI is InChI=1S/C21H34/c1-21-17-11-5-2-8-14(17)20(15-9-3-6-12-18(15)21)16-10-4-7-13-19(16)21/h14-20H,2-13H2,1H3. The minimum atomic E-state index is 0.760. The molecular weight excluding hydrogens is 252 g/mol. The van der Waals surface area contributed by atoms with Crippen LogP contribution in [0.3, 0.4) is 0 Å². The fourth-order valence-corrected chi connectivity index (χ4v) is 8.96. The lowest BCUT2D eigenvalue weighted by molar-refractivity contribution is -0.240. The summed E-state index contributed by atoms with van der Waals surface area (Å²) >= 11 is 0. The Bertz CT molecular complexity index is 350. The van der Waals surface area contributed by atoms with Crippen molar-refractivity contribution in [3.05, 3.63) is 0 Å². The summed E-state index contributed by atoms with van der Waals surface area (Å²) in [6, 6.07) is 0. The molecule has 6 aliphatic carbocycles. The van der Waals surface area contributed by atoms with Crippen LogP contribution in [0.15, 0.2) is 0 Å². The molecule has 6 unspecified atom stereocenters. The van der Waals surface area contributed by atoms with Gasteiger partial charge in [0.25, 0.3) is 0 Å². The molecule has 0 aliphatic heterocycles. The highest BCUT2D eigenvalue weighted by molar-refractivity contribution is 5.15. The molecule has 0 radical (unpaired) electrons. The zero-order valence-electron chi connectivity index (χ0n) is 14.0. The minimum absolute atomic E-state index is 0.760. The van der Waals surface area contributed by atoms with Crippen LogP contribution in [0.4, 0.5) is 0 Å². The number of hydrogen-bond acceptors (Lipinski definition) is 0. The Hall–Kier alpha value is 0. The SMILES string of the molecule is CC12C3CCCCC3C(C3CCCCC31)C1CCCCC12. The first-order valence-electron chi connectivity index (χ1n) is 10.3. The smallest absolute Gasteiger partial charge is 0.0233 e. The zero-order valence-corrected chi connectivity index (χ0v) is 14.0. The second-order valence-corrected chi connectivity index (χ2v) is 9.61. The molecule has 0 spiro atoms. The van der Waals surface area contributed by atoms with Crippen molar-refractivity contribution < 1.29 is 0 Å². The normalized spacial score (nSPS) is 59.0. The summed E-state index contributed by atoms with van der Waals surface area (Å²) in [6.45, 7) is 2.82. The monoisotopic (exact) mass is 286 g/mol. The lowest BCUT2D eigenvalue weighted by atomic mass is 9.33. The number of hydrogen-bond donors (Lipinski definition) is 0. The highest BCUT2D eigenvalue weighted by Crippen LogP contribution is 2.73. The first-order valence-corrected chi connectivity index (χ1v) is 10.3. The van der Waals surface area contributed by atoms with Crippen molar-refractivity contribution in [2.24, 2.45) is 46.8 Å². The predicted molar refractivity (Wildman–Crippen MR) is 87.9 cm³/mol. The van der Waals surface area contributed by atoms with Crippen molar-refractivity contribution in [1.29, 1.82) is 0 Å². The summed E-state index contributed by atoms with van der Waals surface area (Å²) in [6.07, 6.45) is 19.0. The average Bonchev–Trinajstić information content (AvgIpc) is 2.56. The topological polar surface area (TPSA) is 0 Å². The Balaban J connectivity index is 1.62. The Morgan fingerprint density at radius 3 is 1.24 bits per heavy atom. The van der Waals surface area contributed by atoms with Crippen LogP contribution in [-0.2, 0) is 0 Å². The van der Waals surface area contributed by atoms with Crippen LogP contribution in [-0.4, -0.2) is 0 Å². The molecule has 0 aromatic rings. The van der Waals surface area contributed by atoms with E-state index in [2.05, 4.69) is 6.92 Å². The van der Waals surface area contributed by atoms with E-state index >= 15 is 0 Å². The van der Waals surface area contributed by atoms with E-state index in [1.165, 1.54) is 5.92 Å². The third-order valence-electron chi connectivity index (χ3n) is 9.34. The minimum Gasteiger partial charge on any atom is -0.0588 e. The largest absolute Gasteiger partial charge is 0.0588 e. The van der Waals surface area contributed by atoms with E-state index in [1.807, 2.05) is 0 Å². The summed E-state index contributed by atoms with van der Waals surface area (Å²) in [5.41, 5.74) is 0.760. The van der Waals surface area contributed by atoms with Crippen LogP contribution < -0.4 is 0 Å². The molecule has 6 aliphatic rings. The molecule has 0 nitrogen and oxygen atoms in total. The first kappa shape index (κ1) is 13.4. The Labute approximate surface area is 131 Å². The van der Waals surface area contributed by atoms with Crippen molar-refractivity contribution in [3.8, 4) is 0 Å². The molecule has 6 rings (SSSR count). The Morgan fingerprint density at radius 1 is 0.524 bits per heavy atom. The molecule has 2 bridgehead atoms. The van der Waals surface area contributed by atoms with E-state index in [-0.39, 0.29) is 0 Å². The lowest BCUT2D eigenvalue weighted by Crippen LogP contribution is -2.66. The summed E-state index contributed by atoms with van der Waals surface area (Å²) in [4.78, 5) is 0. The van der Waals surface area contributed by atoms with Crippen LogP contribution in [0.5, 0.6) is 0 Å². The van der Waals surface area contributed by atoms with Gasteiger partial charge in [0.2, 0.25) is 0 Å². The van der Waals surface area contributed by atoms with Gasteiger partial charge >= 0.3 is 0 Å². The second kappa shape index (κ2) is 4.75. The van der Waals surface area contributed by atoms with Gasteiger partial charge in [0.15, 0.2) is 0 Å². The number of rotatable bonds is 0. The van der Waals surface area contributed by atoms with Crippen molar-refractivity contribution in [2.45, 2.75) is 84.0 Å². The molecule has 0 aromatic carbocycles. The average molecular weight is 287 g/mol. The predicted octanol–water partition coefficient (Wildman–Crippen LogP) is 6.06. The van der Waals surface area contributed by atoms with Crippen molar-refractivity contribution in [3.63, 3.8) is 0 Å². The van der Waals surface area contributed by atoms with Crippen molar-refractivity contribution in [1.82, 2.24) is 0 Å². The molecule has 0 heteroatoms. The van der Waals surface area contributed by atoms with E-state index in [9.17, 15) is 0 Å². The first-order chi connectivity index (χ1) is 10.3. The maximum absolute atomic E-state index is 2.82. The molecule has 0 amide bonds. The highest BCUT2D eigenvalue weighted by Gasteiger charge is 2.67. The molecule has 6 fully saturated rings. The van der Waals surface area contributed by atoms with Gasteiger partial charge in [0.05, 0.1) is 0 Å². The van der Waals surface area contributed by atoms with Gasteiger partial charge in [-0.15, -0.1) is 0 Å². The fraction of sp³-hybridized carbons (Fsp3) is 1.00. The third kappa shape index (κ3) is 1.63. The summed E-state index contributed by atoms with van der Waals surface area (Å²) in [5, 5.41) is 0. The van der Waals surface area contributed by atoms with Crippen LogP contribution in [0.2, 0.25) is 0 Å². The van der Waals surface area contributed by atoms with E-state index in [0.717, 1.165) is 40.9 Å². The molecule has 21 heavy (non-hydrogen) atoms. The fourth-order valence-electron chi connectivity index (χ4n) is 8.96. The molecule has 0 saturated heterocycles. The molecular formula is C21H34. The quantitative estimate of drug-likeness (QED) is 0.508. The Kier molecular flexibility index (Phi) is 3.04. The summed E-state index contributed by atoms with van der Waals surface area (Å²) in [7, 11) is 0. The van der Waals surface area contributed by atoms with Crippen molar-refractivity contribution in [2.75, 3.05) is 0 Å². The van der Waals surface area contributed by atoms with E-state index in [1.54, 1.807) is 77.0 Å². The highest BCUT2D eigenvalue weighted by atomic mass is 14.7. The van der Waals surface area contributed by atoms with Gasteiger partial charge in [-0.1, -0.05) is 45.4 Å². The van der Waals surface area contributed by atoms with Crippen LogP contribution in [0.1, 0.15) is 84.0 Å². The van der Waals surface area contributed by atoms with E-state index in [0.29, 0.717) is 0 Å². The van der Waals surface area contributed by atoms with Crippen LogP contribution >= 0.6 is 0 Å². The van der Waals surface area contributed by atoms with Gasteiger partial charge in [-0.05, 0) is 85.4 Å². The maximum atomic E-state index is 2.82. The molecule has 0 N–H and O–H groups in total. The van der Waals surface area contributed by atoms with Gasteiger partial charge in [-0.3, -0.25) is 0 Å². The second-order valence-electron chi connectivity index (χ2n) is 9.61. The van der Waals surface area contributed by atoms with Gasteiger partial charge in [0.1, 0.15) is 0 Å². The van der Waals surface area contributed by atoms with Crippen molar-refractivity contribution >= 4 is 0 Å². The van der Waals surface area contributed by atoms with Gasteiger partial charge < -0.3 is 0 Å². The molecule has 6 saturated carbocycles. The van der Waals surface area contributed by atoms with Gasteiger partial charge in [-0.2, -0.15) is 0 Å². The lowest BCUT2D eigenvalue weighted by Gasteiger charge is -2.72.